The van der Waals surface area contributed by atoms with Crippen molar-refractivity contribution in [2.24, 2.45) is 0 Å². The number of aromatic nitrogens is 1. The first kappa shape index (κ1) is 38.5. The lowest BCUT2D eigenvalue weighted by molar-refractivity contribution is 0.0584. The molecule has 4 aromatic rings. The fourth-order valence-electron chi connectivity index (χ4n) is 6.54. The van der Waals surface area contributed by atoms with Crippen LogP contribution < -0.4 is 16.2 Å². The number of carbonyl (C=O) groups is 1. The number of pyridine rings is 1. The number of aromatic hydroxyl groups is 1. The van der Waals surface area contributed by atoms with Crippen LogP contribution in [0.3, 0.4) is 0 Å². The summed E-state index contributed by atoms with van der Waals surface area (Å²) in [4.78, 5) is 29.3. The second-order valence-corrected chi connectivity index (χ2v) is 13.9. The number of hydrogen-bond acceptors (Lipinski definition) is 7. The number of benzene rings is 3. The molecule has 51 heavy (non-hydrogen) atoms. The van der Waals surface area contributed by atoms with Crippen molar-refractivity contribution in [3.63, 3.8) is 0 Å². The number of nitrogens with zero attached hydrogens (tertiary/aromatic N) is 1. The molecular formula is C38H44Cl2F2N4O5. The molecule has 0 radical (unpaired) electrons. The molecule has 1 atom stereocenters. The molecule has 1 aromatic heterocycles. The normalized spacial score (nSPS) is 14.5. The number of hydrogen-bond donors (Lipinski definition) is 5. The van der Waals surface area contributed by atoms with Crippen LogP contribution in [0.5, 0.6) is 5.75 Å². The van der Waals surface area contributed by atoms with Gasteiger partial charge in [0.1, 0.15) is 23.5 Å². The van der Waals surface area contributed by atoms with Gasteiger partial charge in [0.15, 0.2) is 0 Å². The van der Waals surface area contributed by atoms with Crippen LogP contribution in [0.15, 0.2) is 59.4 Å². The number of aliphatic hydroxyl groups excluding tert-OH is 1. The van der Waals surface area contributed by atoms with E-state index in [1.54, 1.807) is 12.1 Å². The number of halogens is 4. The molecular weight excluding hydrogens is 701 g/mol. The van der Waals surface area contributed by atoms with E-state index >= 15 is 0 Å². The van der Waals surface area contributed by atoms with Crippen molar-refractivity contribution >= 4 is 45.9 Å². The van der Waals surface area contributed by atoms with E-state index in [2.05, 4.69) is 20.5 Å². The van der Waals surface area contributed by atoms with E-state index in [-0.39, 0.29) is 28.7 Å². The van der Waals surface area contributed by atoms with Gasteiger partial charge in [-0.1, -0.05) is 61.4 Å². The molecule has 1 amide bonds. The fourth-order valence-corrected chi connectivity index (χ4v) is 7.06. The van der Waals surface area contributed by atoms with Gasteiger partial charge in [-0.25, -0.2) is 13.6 Å². The number of phenols is 1. The zero-order valence-corrected chi connectivity index (χ0v) is 29.8. The molecule has 5 N–H and O–H groups in total. The van der Waals surface area contributed by atoms with E-state index in [1.807, 2.05) is 0 Å². The van der Waals surface area contributed by atoms with Gasteiger partial charge in [-0.15, -0.1) is 0 Å². The van der Waals surface area contributed by atoms with Gasteiger partial charge in [-0.05, 0) is 86.3 Å². The van der Waals surface area contributed by atoms with E-state index in [0.717, 1.165) is 64.3 Å². The van der Waals surface area contributed by atoms with Crippen LogP contribution in [0.4, 0.5) is 19.3 Å². The van der Waals surface area contributed by atoms with Gasteiger partial charge in [0.25, 0.3) is 0 Å². The lowest BCUT2D eigenvalue weighted by Crippen LogP contribution is -2.39. The molecule has 2 heterocycles. The van der Waals surface area contributed by atoms with Gasteiger partial charge >= 0.3 is 6.09 Å². The van der Waals surface area contributed by atoms with Crippen LogP contribution in [0.25, 0.3) is 22.0 Å². The summed E-state index contributed by atoms with van der Waals surface area (Å²) in [6, 6.07) is 12.5. The van der Waals surface area contributed by atoms with Gasteiger partial charge in [0.2, 0.25) is 5.56 Å². The zero-order valence-electron chi connectivity index (χ0n) is 28.3. The summed E-state index contributed by atoms with van der Waals surface area (Å²) >= 11 is 12.2. The molecule has 1 fully saturated rings. The van der Waals surface area contributed by atoms with Crippen molar-refractivity contribution in [1.82, 2.24) is 15.2 Å². The average molecular weight is 746 g/mol. The molecule has 0 spiro atoms. The number of carbonyl (C=O) groups excluding carboxylic acids is 1. The van der Waals surface area contributed by atoms with E-state index in [9.17, 15) is 28.6 Å². The second kappa shape index (κ2) is 18.7. The van der Waals surface area contributed by atoms with E-state index in [1.165, 1.54) is 43.2 Å². The number of rotatable bonds is 16. The van der Waals surface area contributed by atoms with Crippen molar-refractivity contribution < 1.29 is 28.5 Å². The highest BCUT2D eigenvalue weighted by atomic mass is 35.5. The van der Waals surface area contributed by atoms with Crippen LogP contribution in [-0.4, -0.2) is 65.0 Å². The van der Waals surface area contributed by atoms with Crippen LogP contribution in [-0.2, 0) is 4.74 Å². The first-order valence-corrected chi connectivity index (χ1v) is 18.2. The molecule has 0 aliphatic carbocycles. The molecule has 274 valence electrons. The predicted octanol–water partition coefficient (Wildman–Crippen LogP) is 8.55. The van der Waals surface area contributed by atoms with E-state index < -0.39 is 23.8 Å². The molecule has 0 unspecified atom stereocenters. The number of unbranched alkanes of at least 4 members (excludes halogenated alkanes) is 6. The Kier molecular flexibility index (Phi) is 14.1. The first-order chi connectivity index (χ1) is 24.6. The van der Waals surface area contributed by atoms with E-state index in [4.69, 9.17) is 27.9 Å². The van der Waals surface area contributed by atoms with Gasteiger partial charge in [0, 0.05) is 52.8 Å². The minimum absolute atomic E-state index is 0.0242. The van der Waals surface area contributed by atoms with Crippen LogP contribution >= 0.6 is 23.2 Å². The maximum Gasteiger partial charge on any atom is 0.412 e. The minimum Gasteiger partial charge on any atom is -0.506 e. The summed E-state index contributed by atoms with van der Waals surface area (Å²) in [5.41, 5.74) is 0.944. The van der Waals surface area contributed by atoms with Crippen LogP contribution in [0.2, 0.25) is 10.0 Å². The molecule has 0 bridgehead atoms. The Bertz CT molecular complexity index is 1830. The lowest BCUT2D eigenvalue weighted by atomic mass is 10.0. The smallest absolute Gasteiger partial charge is 0.412 e. The number of fused-ring (bicyclic) bond motifs is 1. The summed E-state index contributed by atoms with van der Waals surface area (Å²) in [7, 11) is 0. The Labute approximate surface area is 305 Å². The molecule has 9 nitrogen and oxygen atoms in total. The van der Waals surface area contributed by atoms with E-state index in [0.29, 0.717) is 57.5 Å². The van der Waals surface area contributed by atoms with Gasteiger partial charge in [0.05, 0.1) is 17.3 Å². The second-order valence-electron chi connectivity index (χ2n) is 13.0. The van der Waals surface area contributed by atoms with Crippen molar-refractivity contribution in [2.75, 3.05) is 38.0 Å². The lowest BCUT2D eigenvalue weighted by Gasteiger charge is -2.31. The number of amides is 1. The third kappa shape index (κ3) is 11.1. The first-order valence-electron chi connectivity index (χ1n) is 17.5. The van der Waals surface area contributed by atoms with Crippen molar-refractivity contribution in [2.45, 2.75) is 70.0 Å². The molecule has 3 aromatic carbocycles. The summed E-state index contributed by atoms with van der Waals surface area (Å²) in [5, 5.41) is 27.7. The van der Waals surface area contributed by atoms with Gasteiger partial charge in [-0.3, -0.25) is 10.1 Å². The summed E-state index contributed by atoms with van der Waals surface area (Å²) in [6.07, 6.45) is 7.37. The summed E-state index contributed by atoms with van der Waals surface area (Å²) in [5.74, 6) is -1.75. The number of likely N-dealkylation sites (tertiary alicyclic amines) is 1. The highest BCUT2D eigenvalue weighted by Gasteiger charge is 2.24. The Balaban J connectivity index is 0.914. The van der Waals surface area contributed by atoms with Crippen molar-refractivity contribution in [1.29, 1.82) is 0 Å². The third-order valence-electron chi connectivity index (χ3n) is 9.20. The van der Waals surface area contributed by atoms with Crippen molar-refractivity contribution in [3.05, 3.63) is 92.2 Å². The Hall–Kier alpha value is -3.74. The number of aliphatic hydroxyl groups is 1. The predicted molar refractivity (Wildman–Crippen MR) is 198 cm³/mol. The number of H-pyrrole nitrogens is 1. The number of ether oxygens (including phenoxy) is 1. The zero-order chi connectivity index (χ0) is 36.3. The van der Waals surface area contributed by atoms with Crippen LogP contribution in [0.1, 0.15) is 69.5 Å². The topological polar surface area (TPSA) is 127 Å². The summed E-state index contributed by atoms with van der Waals surface area (Å²) in [6.45, 7) is 3.78. The number of phenolic OH excluding ortho intramolecular Hbond substituents is 1. The monoisotopic (exact) mass is 744 g/mol. The maximum atomic E-state index is 14.8. The molecule has 5 rings (SSSR count). The SMILES string of the molecule is O=C(Nc1c(F)cc(F)cc1-c1cc(Cl)cc(Cl)c1)OC1CCN(CCCCCCCCCNC[C@H](O)c2ccc(O)c3[nH]c(=O)ccc23)CC1. The summed E-state index contributed by atoms with van der Waals surface area (Å²) < 4.78 is 34.5. The molecule has 0 saturated carbocycles. The highest BCUT2D eigenvalue weighted by molar-refractivity contribution is 6.35. The van der Waals surface area contributed by atoms with Gasteiger partial charge in [-0.2, -0.15) is 0 Å². The van der Waals surface area contributed by atoms with Crippen molar-refractivity contribution in [3.8, 4) is 16.9 Å². The fraction of sp³-hybridized carbons (Fsp3) is 0.421. The number of aromatic amines is 1. The quantitative estimate of drug-likeness (QED) is 0.0728. The average Bonchev–Trinajstić information content (AvgIpc) is 3.08. The van der Waals surface area contributed by atoms with Crippen LogP contribution in [0, 0.1) is 11.6 Å². The number of piperidine rings is 1. The van der Waals surface area contributed by atoms with Gasteiger partial charge < -0.3 is 30.2 Å². The Morgan fingerprint density at radius 1 is 0.941 bits per heavy atom. The Morgan fingerprint density at radius 2 is 1.63 bits per heavy atom. The molecule has 1 aliphatic rings. The minimum atomic E-state index is -0.931. The number of anilines is 1. The standard InChI is InChI=1S/C38H44Cl2F2N4O5/c39-25-18-24(19-26(40)20-25)31-21-27(41)22-32(42)36(31)45-38(50)51-28-12-16-46(17-13-28)15-7-5-3-1-2-4-6-14-43-23-34(48)29-8-10-33(47)37-30(29)9-11-35(49)44-37/h8-11,18-22,28,34,43,47-48H,1-7,12-17,23H2,(H,44,49)(H,45,50)/t34-/m0/s1. The Morgan fingerprint density at radius 3 is 2.35 bits per heavy atom. The third-order valence-corrected chi connectivity index (χ3v) is 9.63. The largest absolute Gasteiger partial charge is 0.506 e. The highest BCUT2D eigenvalue weighted by Crippen LogP contribution is 2.35. The molecule has 13 heteroatoms. The maximum absolute atomic E-state index is 14.8. The molecule has 1 aliphatic heterocycles. The molecule has 1 saturated heterocycles. The number of nitrogens with one attached hydrogen (secondary N) is 3.